The predicted octanol–water partition coefficient (Wildman–Crippen LogP) is 2.11. The van der Waals surface area contributed by atoms with Crippen LogP contribution in [-0.2, 0) is 6.54 Å². The highest BCUT2D eigenvalue weighted by Crippen LogP contribution is 2.12. The molecule has 5 heteroatoms. The number of ether oxygens (including phenoxy) is 1. The quantitative estimate of drug-likeness (QED) is 0.456. The molecule has 1 rings (SSSR count). The maximum atomic E-state index is 5.48. The molecule has 2 N–H and O–H groups in total. The third-order valence-corrected chi connectivity index (χ3v) is 3.10. The summed E-state index contributed by atoms with van der Waals surface area (Å²) in [6, 6.07) is 8.10. The van der Waals surface area contributed by atoms with Crippen molar-refractivity contribution in [2.45, 2.75) is 13.5 Å². The van der Waals surface area contributed by atoms with Gasteiger partial charge in [-0.15, -0.1) is 0 Å². The first-order valence-electron chi connectivity index (χ1n) is 6.45. The fraction of sp³-hybridized carbons (Fsp3) is 0.500. The molecule has 1 aromatic rings. The first-order valence-corrected chi connectivity index (χ1v) is 7.84. The summed E-state index contributed by atoms with van der Waals surface area (Å²) in [5.41, 5.74) is 1.18. The van der Waals surface area contributed by atoms with Crippen LogP contribution in [0.25, 0.3) is 0 Å². The molecular formula is C14H23N3OS. The lowest BCUT2D eigenvalue weighted by molar-refractivity contribution is 0.340. The van der Waals surface area contributed by atoms with Crippen LogP contribution in [0.1, 0.15) is 12.5 Å². The minimum atomic E-state index is 0.689. The van der Waals surface area contributed by atoms with E-state index in [1.54, 1.807) is 7.05 Å². The molecule has 0 spiro atoms. The zero-order valence-electron chi connectivity index (χ0n) is 11.9. The third-order valence-electron chi connectivity index (χ3n) is 2.49. The summed E-state index contributed by atoms with van der Waals surface area (Å²) in [7, 11) is 1.78. The van der Waals surface area contributed by atoms with Crippen molar-refractivity contribution < 1.29 is 4.74 Å². The molecule has 0 aliphatic rings. The van der Waals surface area contributed by atoms with E-state index in [0.717, 1.165) is 30.6 Å². The minimum absolute atomic E-state index is 0.689. The molecule has 0 fully saturated rings. The van der Waals surface area contributed by atoms with E-state index in [2.05, 4.69) is 27.9 Å². The lowest BCUT2D eigenvalue weighted by Gasteiger charge is -2.12. The second-order valence-corrected chi connectivity index (χ2v) is 4.91. The van der Waals surface area contributed by atoms with E-state index in [-0.39, 0.29) is 0 Å². The third kappa shape index (κ3) is 6.38. The maximum absolute atomic E-state index is 5.48. The van der Waals surface area contributed by atoms with Crippen molar-refractivity contribution in [3.8, 4) is 5.75 Å². The molecule has 0 heterocycles. The predicted molar refractivity (Wildman–Crippen MR) is 84.2 cm³/mol. The van der Waals surface area contributed by atoms with Gasteiger partial charge in [0.2, 0.25) is 0 Å². The second-order valence-electron chi connectivity index (χ2n) is 3.93. The Hall–Kier alpha value is -1.36. The number of thioether (sulfide) groups is 1. The zero-order valence-corrected chi connectivity index (χ0v) is 12.7. The first-order chi connectivity index (χ1) is 9.30. The fourth-order valence-electron chi connectivity index (χ4n) is 1.59. The number of nitrogens with one attached hydrogen (secondary N) is 2. The van der Waals surface area contributed by atoms with E-state index < -0.39 is 0 Å². The van der Waals surface area contributed by atoms with Gasteiger partial charge in [0.1, 0.15) is 5.75 Å². The van der Waals surface area contributed by atoms with Gasteiger partial charge in [0.15, 0.2) is 5.96 Å². The molecule has 106 valence electrons. The summed E-state index contributed by atoms with van der Waals surface area (Å²) in [5.74, 6) is 2.81. The molecule has 0 aliphatic heterocycles. The molecule has 0 unspecified atom stereocenters. The number of hydrogen-bond acceptors (Lipinski definition) is 3. The van der Waals surface area contributed by atoms with E-state index in [0.29, 0.717) is 6.61 Å². The van der Waals surface area contributed by atoms with Gasteiger partial charge < -0.3 is 15.4 Å². The summed E-state index contributed by atoms with van der Waals surface area (Å²) in [6.07, 6.45) is 2.09. The van der Waals surface area contributed by atoms with Crippen LogP contribution in [0.15, 0.2) is 29.3 Å². The number of guanidine groups is 1. The standard InChI is InChI=1S/C14H23N3OS/c1-4-18-13-7-5-6-12(10-13)11-17-14(15-2)16-8-9-19-3/h5-7,10H,4,8-9,11H2,1-3H3,(H2,15,16,17). The SMILES string of the molecule is CCOc1cccc(CNC(=NC)NCCSC)c1. The molecule has 0 saturated carbocycles. The van der Waals surface area contributed by atoms with Crippen molar-refractivity contribution in [3.63, 3.8) is 0 Å². The Balaban J connectivity index is 2.43. The van der Waals surface area contributed by atoms with E-state index in [4.69, 9.17) is 4.74 Å². The molecule has 0 saturated heterocycles. The van der Waals surface area contributed by atoms with Crippen LogP contribution >= 0.6 is 11.8 Å². The van der Waals surface area contributed by atoms with Crippen LogP contribution in [0.2, 0.25) is 0 Å². The summed E-state index contributed by atoms with van der Waals surface area (Å²) in [6.45, 7) is 4.33. The van der Waals surface area contributed by atoms with Gasteiger partial charge in [-0.05, 0) is 30.9 Å². The molecular weight excluding hydrogens is 258 g/mol. The molecule has 0 amide bonds. The van der Waals surface area contributed by atoms with E-state index in [1.165, 1.54) is 5.56 Å². The van der Waals surface area contributed by atoms with Crippen molar-refractivity contribution >= 4 is 17.7 Å². The van der Waals surface area contributed by atoms with Crippen molar-refractivity contribution in [1.82, 2.24) is 10.6 Å². The normalized spacial score (nSPS) is 11.2. The van der Waals surface area contributed by atoms with Crippen LogP contribution in [0, 0.1) is 0 Å². The smallest absolute Gasteiger partial charge is 0.191 e. The molecule has 0 bridgehead atoms. The molecule has 0 atom stereocenters. The molecule has 0 aromatic heterocycles. The van der Waals surface area contributed by atoms with Gasteiger partial charge in [-0.2, -0.15) is 11.8 Å². The molecule has 1 aromatic carbocycles. The molecule has 0 aliphatic carbocycles. The Kier molecular flexibility index (Phi) is 7.89. The maximum Gasteiger partial charge on any atom is 0.191 e. The van der Waals surface area contributed by atoms with Crippen molar-refractivity contribution in [1.29, 1.82) is 0 Å². The Bertz CT molecular complexity index is 396. The van der Waals surface area contributed by atoms with Gasteiger partial charge in [0, 0.05) is 25.9 Å². The highest BCUT2D eigenvalue weighted by atomic mass is 32.2. The minimum Gasteiger partial charge on any atom is -0.494 e. The first kappa shape index (κ1) is 15.7. The molecule has 19 heavy (non-hydrogen) atoms. The van der Waals surface area contributed by atoms with Gasteiger partial charge in [-0.1, -0.05) is 12.1 Å². The van der Waals surface area contributed by atoms with Crippen molar-refractivity contribution in [3.05, 3.63) is 29.8 Å². The van der Waals surface area contributed by atoms with Crippen LogP contribution in [0.4, 0.5) is 0 Å². The number of hydrogen-bond donors (Lipinski definition) is 2. The van der Waals surface area contributed by atoms with Gasteiger partial charge >= 0.3 is 0 Å². The summed E-state index contributed by atoms with van der Waals surface area (Å²) >= 11 is 1.81. The van der Waals surface area contributed by atoms with Crippen LogP contribution < -0.4 is 15.4 Å². The largest absolute Gasteiger partial charge is 0.494 e. The van der Waals surface area contributed by atoms with Gasteiger partial charge in [-0.3, -0.25) is 4.99 Å². The highest BCUT2D eigenvalue weighted by molar-refractivity contribution is 7.98. The number of benzene rings is 1. The highest BCUT2D eigenvalue weighted by Gasteiger charge is 1.99. The topological polar surface area (TPSA) is 45.6 Å². The lowest BCUT2D eigenvalue weighted by Crippen LogP contribution is -2.37. The zero-order chi connectivity index (χ0) is 13.9. The van der Waals surface area contributed by atoms with Gasteiger partial charge in [-0.25, -0.2) is 0 Å². The monoisotopic (exact) mass is 281 g/mol. The molecule has 4 nitrogen and oxygen atoms in total. The average molecular weight is 281 g/mol. The van der Waals surface area contributed by atoms with E-state index in [1.807, 2.05) is 36.9 Å². The van der Waals surface area contributed by atoms with Gasteiger partial charge in [0.25, 0.3) is 0 Å². The summed E-state index contributed by atoms with van der Waals surface area (Å²) in [5, 5.41) is 6.56. The van der Waals surface area contributed by atoms with Crippen LogP contribution in [-0.4, -0.2) is 38.2 Å². The summed E-state index contributed by atoms with van der Waals surface area (Å²) < 4.78 is 5.48. The number of aliphatic imine (C=N–C) groups is 1. The summed E-state index contributed by atoms with van der Waals surface area (Å²) in [4.78, 5) is 4.19. The molecule has 0 radical (unpaired) electrons. The van der Waals surface area contributed by atoms with Gasteiger partial charge in [0.05, 0.1) is 6.61 Å². The Labute approximate surface area is 120 Å². The van der Waals surface area contributed by atoms with E-state index >= 15 is 0 Å². The Morgan fingerprint density at radius 1 is 1.37 bits per heavy atom. The second kappa shape index (κ2) is 9.55. The van der Waals surface area contributed by atoms with E-state index in [9.17, 15) is 0 Å². The number of nitrogens with zero attached hydrogens (tertiary/aromatic N) is 1. The Morgan fingerprint density at radius 3 is 2.89 bits per heavy atom. The van der Waals surface area contributed by atoms with Crippen LogP contribution in [0.5, 0.6) is 5.75 Å². The van der Waals surface area contributed by atoms with Crippen LogP contribution in [0.3, 0.4) is 0 Å². The lowest BCUT2D eigenvalue weighted by atomic mass is 10.2. The Morgan fingerprint density at radius 2 is 2.21 bits per heavy atom. The number of rotatable bonds is 7. The fourth-order valence-corrected chi connectivity index (χ4v) is 1.90. The van der Waals surface area contributed by atoms with Crippen molar-refractivity contribution in [2.75, 3.05) is 32.2 Å². The average Bonchev–Trinajstić information content (AvgIpc) is 2.43. The van der Waals surface area contributed by atoms with Crippen molar-refractivity contribution in [2.24, 2.45) is 4.99 Å².